The summed E-state index contributed by atoms with van der Waals surface area (Å²) < 4.78 is 13.1. The standard InChI is InChI=1S/C52H33NO2/c1-2-14-34(15-3-1)39-23-11-16-35-17-12-24-44(51(35)39)40-20-4-7-26-46(40)53(47-27-13-25-45-42-22-6-9-29-49(42)55-52(45)47)38-19-10-18-36(32-38)37-30-31-43-41-21-5-8-28-48(41)54-50(43)33-37/h1-33H. The Morgan fingerprint density at radius 3 is 1.76 bits per heavy atom. The van der Waals surface area contributed by atoms with Gasteiger partial charge in [-0.2, -0.15) is 0 Å². The van der Waals surface area contributed by atoms with Crippen LogP contribution in [0.3, 0.4) is 0 Å². The maximum absolute atomic E-state index is 6.74. The number of hydrogen-bond acceptors (Lipinski definition) is 3. The van der Waals surface area contributed by atoms with E-state index in [0.29, 0.717) is 0 Å². The van der Waals surface area contributed by atoms with Gasteiger partial charge in [0.25, 0.3) is 0 Å². The summed E-state index contributed by atoms with van der Waals surface area (Å²) >= 11 is 0. The number of furan rings is 2. The van der Waals surface area contributed by atoms with E-state index in [2.05, 4.69) is 181 Å². The van der Waals surface area contributed by atoms with Crippen LogP contribution < -0.4 is 4.90 Å². The van der Waals surface area contributed by atoms with E-state index < -0.39 is 0 Å². The predicted molar refractivity (Wildman–Crippen MR) is 229 cm³/mol. The Bertz CT molecular complexity index is 3220. The van der Waals surface area contributed by atoms with Crippen molar-refractivity contribution >= 4 is 71.7 Å². The highest BCUT2D eigenvalue weighted by atomic mass is 16.3. The van der Waals surface area contributed by atoms with Gasteiger partial charge in [0.05, 0.1) is 11.4 Å². The number of nitrogens with zero attached hydrogens (tertiary/aromatic N) is 1. The van der Waals surface area contributed by atoms with Gasteiger partial charge in [0.2, 0.25) is 0 Å². The predicted octanol–water partition coefficient (Wildman–Crippen LogP) is 15.1. The van der Waals surface area contributed by atoms with E-state index >= 15 is 0 Å². The lowest BCUT2D eigenvalue weighted by Gasteiger charge is -2.29. The minimum absolute atomic E-state index is 0.843. The molecule has 0 aliphatic carbocycles. The summed E-state index contributed by atoms with van der Waals surface area (Å²) in [5.74, 6) is 0. The molecule has 0 amide bonds. The maximum Gasteiger partial charge on any atom is 0.159 e. The molecule has 11 rings (SSSR count). The molecule has 55 heavy (non-hydrogen) atoms. The topological polar surface area (TPSA) is 29.5 Å². The summed E-state index contributed by atoms with van der Waals surface area (Å²) in [4.78, 5) is 2.37. The minimum Gasteiger partial charge on any atom is -0.456 e. The fraction of sp³-hybridized carbons (Fsp3) is 0. The Morgan fingerprint density at radius 2 is 0.909 bits per heavy atom. The molecule has 2 aromatic heterocycles. The van der Waals surface area contributed by atoms with Gasteiger partial charge in [-0.15, -0.1) is 0 Å². The monoisotopic (exact) mass is 703 g/mol. The van der Waals surface area contributed by atoms with Crippen LogP contribution in [0.4, 0.5) is 17.1 Å². The van der Waals surface area contributed by atoms with Crippen LogP contribution in [0, 0.1) is 0 Å². The van der Waals surface area contributed by atoms with Crippen molar-refractivity contribution in [3.05, 3.63) is 200 Å². The molecule has 258 valence electrons. The van der Waals surface area contributed by atoms with E-state index in [4.69, 9.17) is 8.83 Å². The fourth-order valence-electron chi connectivity index (χ4n) is 8.37. The normalized spacial score (nSPS) is 11.6. The molecule has 3 heteroatoms. The van der Waals surface area contributed by atoms with Crippen molar-refractivity contribution < 1.29 is 8.83 Å². The molecule has 0 N–H and O–H groups in total. The molecule has 9 aromatic carbocycles. The van der Waals surface area contributed by atoms with E-state index in [1.54, 1.807) is 0 Å². The smallest absolute Gasteiger partial charge is 0.159 e. The SMILES string of the molecule is c1ccc(-c2cccc3cccc(-c4ccccc4N(c4cccc(-c5ccc6c(c5)oc5ccccc56)c4)c4cccc5c4oc4ccccc45)c23)cc1. The second-order valence-corrected chi connectivity index (χ2v) is 14.0. The highest BCUT2D eigenvalue weighted by molar-refractivity contribution is 6.13. The van der Waals surface area contributed by atoms with Crippen molar-refractivity contribution in [2.24, 2.45) is 0 Å². The second kappa shape index (κ2) is 12.6. The van der Waals surface area contributed by atoms with Crippen LogP contribution in [-0.2, 0) is 0 Å². The molecular weight excluding hydrogens is 671 g/mol. The van der Waals surface area contributed by atoms with Crippen LogP contribution >= 0.6 is 0 Å². The Kier molecular flexibility index (Phi) is 7.17. The van der Waals surface area contributed by atoms with Crippen molar-refractivity contribution in [3.63, 3.8) is 0 Å². The van der Waals surface area contributed by atoms with Gasteiger partial charge in [-0.3, -0.25) is 0 Å². The lowest BCUT2D eigenvalue weighted by atomic mass is 9.90. The van der Waals surface area contributed by atoms with Crippen LogP contribution in [0.25, 0.3) is 88.0 Å². The first-order valence-corrected chi connectivity index (χ1v) is 18.7. The van der Waals surface area contributed by atoms with Crippen molar-refractivity contribution in [2.75, 3.05) is 4.90 Å². The summed E-state index contributed by atoms with van der Waals surface area (Å²) in [5, 5.41) is 6.84. The summed E-state index contributed by atoms with van der Waals surface area (Å²) in [6.45, 7) is 0. The van der Waals surface area contributed by atoms with Crippen LogP contribution in [-0.4, -0.2) is 0 Å². The zero-order valence-corrected chi connectivity index (χ0v) is 29.8. The summed E-state index contributed by atoms with van der Waals surface area (Å²) in [6.07, 6.45) is 0. The van der Waals surface area contributed by atoms with Gasteiger partial charge in [0, 0.05) is 32.8 Å². The molecule has 0 aliphatic heterocycles. The van der Waals surface area contributed by atoms with E-state index in [-0.39, 0.29) is 0 Å². The van der Waals surface area contributed by atoms with Crippen molar-refractivity contribution in [1.82, 2.24) is 0 Å². The van der Waals surface area contributed by atoms with Crippen molar-refractivity contribution in [3.8, 4) is 33.4 Å². The molecule has 0 unspecified atom stereocenters. The highest BCUT2D eigenvalue weighted by Gasteiger charge is 2.23. The first-order valence-electron chi connectivity index (χ1n) is 18.7. The molecule has 0 bridgehead atoms. The Hall–Kier alpha value is -7.36. The molecule has 0 saturated carbocycles. The Morgan fingerprint density at radius 1 is 0.327 bits per heavy atom. The number of anilines is 3. The lowest BCUT2D eigenvalue weighted by Crippen LogP contribution is -2.11. The molecule has 0 aliphatic rings. The Balaban J connectivity index is 1.16. The Labute approximate surface area is 317 Å². The van der Waals surface area contributed by atoms with E-state index in [9.17, 15) is 0 Å². The maximum atomic E-state index is 6.74. The average Bonchev–Trinajstić information content (AvgIpc) is 3.83. The van der Waals surface area contributed by atoms with Gasteiger partial charge < -0.3 is 13.7 Å². The highest BCUT2D eigenvalue weighted by Crippen LogP contribution is 2.48. The van der Waals surface area contributed by atoms with Gasteiger partial charge in [-0.05, 0) is 87.1 Å². The molecular formula is C52H33NO2. The third-order valence-electron chi connectivity index (χ3n) is 10.9. The molecule has 0 radical (unpaired) electrons. The zero-order valence-electron chi connectivity index (χ0n) is 29.8. The molecule has 0 spiro atoms. The van der Waals surface area contributed by atoms with Gasteiger partial charge in [-0.25, -0.2) is 0 Å². The van der Waals surface area contributed by atoms with Gasteiger partial charge in [0.15, 0.2) is 5.58 Å². The minimum atomic E-state index is 0.843. The summed E-state index contributed by atoms with van der Waals surface area (Å²) in [5.41, 5.74) is 13.4. The summed E-state index contributed by atoms with van der Waals surface area (Å²) in [7, 11) is 0. The molecule has 11 aromatic rings. The first kappa shape index (κ1) is 31.2. The van der Waals surface area contributed by atoms with E-state index in [1.807, 2.05) is 24.3 Å². The molecule has 0 saturated heterocycles. The van der Waals surface area contributed by atoms with Gasteiger partial charge in [0.1, 0.15) is 16.7 Å². The summed E-state index contributed by atoms with van der Waals surface area (Å²) in [6, 6.07) is 71.0. The lowest BCUT2D eigenvalue weighted by molar-refractivity contribution is 0.669. The largest absolute Gasteiger partial charge is 0.456 e. The van der Waals surface area contributed by atoms with Crippen LogP contribution in [0.5, 0.6) is 0 Å². The van der Waals surface area contributed by atoms with Crippen molar-refractivity contribution in [1.29, 1.82) is 0 Å². The number of fused-ring (bicyclic) bond motifs is 7. The van der Waals surface area contributed by atoms with Crippen LogP contribution in [0.2, 0.25) is 0 Å². The van der Waals surface area contributed by atoms with Gasteiger partial charge in [-0.1, -0.05) is 152 Å². The number of hydrogen-bond donors (Lipinski definition) is 0. The molecule has 3 nitrogen and oxygen atoms in total. The van der Waals surface area contributed by atoms with E-state index in [1.165, 1.54) is 27.5 Å². The average molecular weight is 704 g/mol. The number of para-hydroxylation sites is 4. The number of benzene rings is 9. The fourth-order valence-corrected chi connectivity index (χ4v) is 8.37. The van der Waals surface area contributed by atoms with Gasteiger partial charge >= 0.3 is 0 Å². The quantitative estimate of drug-likeness (QED) is 0.173. The third kappa shape index (κ3) is 5.13. The second-order valence-electron chi connectivity index (χ2n) is 14.0. The molecule has 0 atom stereocenters. The van der Waals surface area contributed by atoms with Crippen LogP contribution in [0.1, 0.15) is 0 Å². The van der Waals surface area contributed by atoms with Crippen LogP contribution in [0.15, 0.2) is 209 Å². The number of rotatable bonds is 6. The first-order chi connectivity index (χ1) is 27.3. The zero-order chi connectivity index (χ0) is 36.3. The molecule has 0 fully saturated rings. The van der Waals surface area contributed by atoms with E-state index in [0.717, 1.165) is 77.6 Å². The third-order valence-corrected chi connectivity index (χ3v) is 10.9. The van der Waals surface area contributed by atoms with Crippen molar-refractivity contribution in [2.45, 2.75) is 0 Å². The molecule has 2 heterocycles.